The molecule has 8 heteroatoms. The van der Waals surface area contributed by atoms with E-state index >= 15 is 0 Å². The number of hydrogen-bond donors (Lipinski definition) is 2. The first-order valence-corrected chi connectivity index (χ1v) is 10.2. The van der Waals surface area contributed by atoms with Crippen molar-refractivity contribution in [1.29, 1.82) is 0 Å². The molecule has 3 aromatic rings. The van der Waals surface area contributed by atoms with Gasteiger partial charge in [-0.1, -0.05) is 41.9 Å². The summed E-state index contributed by atoms with van der Waals surface area (Å²) in [6.45, 7) is 2.05. The second kappa shape index (κ2) is 7.43. The maximum absolute atomic E-state index is 12.2. The van der Waals surface area contributed by atoms with Crippen LogP contribution in [0.15, 0.2) is 65.0 Å². The molecule has 25 heavy (non-hydrogen) atoms. The minimum absolute atomic E-state index is 0.110. The molecule has 0 spiro atoms. The molecular formula is C17H16ClN3O2S2. The molecule has 0 radical (unpaired) electrons. The zero-order chi connectivity index (χ0) is 17.9. The molecular weight excluding hydrogens is 378 g/mol. The van der Waals surface area contributed by atoms with Gasteiger partial charge in [-0.05, 0) is 36.8 Å². The van der Waals surface area contributed by atoms with Gasteiger partial charge in [0.05, 0.1) is 16.2 Å². The molecule has 1 atom stereocenters. The molecule has 0 saturated carbocycles. The van der Waals surface area contributed by atoms with Crippen molar-refractivity contribution in [3.8, 4) is 0 Å². The highest BCUT2D eigenvalue weighted by atomic mass is 35.5. The van der Waals surface area contributed by atoms with E-state index in [-0.39, 0.29) is 16.1 Å². The van der Waals surface area contributed by atoms with E-state index in [4.69, 9.17) is 11.6 Å². The molecule has 1 aromatic carbocycles. The van der Waals surface area contributed by atoms with Gasteiger partial charge in [-0.3, -0.25) is 4.72 Å². The number of anilines is 2. The van der Waals surface area contributed by atoms with E-state index in [0.29, 0.717) is 4.34 Å². The monoisotopic (exact) mass is 393 g/mol. The molecule has 0 bridgehead atoms. The Bertz CT molecular complexity index is 942. The molecule has 130 valence electrons. The number of pyridine rings is 1. The van der Waals surface area contributed by atoms with Gasteiger partial charge in [-0.2, -0.15) is 0 Å². The van der Waals surface area contributed by atoms with Crippen molar-refractivity contribution in [2.45, 2.75) is 17.2 Å². The quantitative estimate of drug-likeness (QED) is 0.632. The summed E-state index contributed by atoms with van der Waals surface area (Å²) < 4.78 is 27.5. The van der Waals surface area contributed by atoms with Crippen LogP contribution >= 0.6 is 22.9 Å². The Morgan fingerprint density at radius 3 is 2.44 bits per heavy atom. The highest BCUT2D eigenvalue weighted by Gasteiger charge is 2.17. The lowest BCUT2D eigenvalue weighted by atomic mass is 10.1. The number of hydrogen-bond acceptors (Lipinski definition) is 5. The number of benzene rings is 1. The summed E-state index contributed by atoms with van der Waals surface area (Å²) in [4.78, 5) is 4.16. The molecule has 2 heterocycles. The molecule has 3 rings (SSSR count). The Morgan fingerprint density at radius 2 is 1.84 bits per heavy atom. The third-order valence-corrected chi connectivity index (χ3v) is 6.58. The number of aromatic nitrogens is 1. The summed E-state index contributed by atoms with van der Waals surface area (Å²) >= 11 is 6.79. The van der Waals surface area contributed by atoms with E-state index in [9.17, 15) is 8.42 Å². The van der Waals surface area contributed by atoms with Gasteiger partial charge in [-0.15, -0.1) is 11.3 Å². The lowest BCUT2D eigenvalue weighted by molar-refractivity contribution is 0.603. The lowest BCUT2D eigenvalue weighted by Gasteiger charge is -2.15. The van der Waals surface area contributed by atoms with Gasteiger partial charge in [0.2, 0.25) is 0 Å². The maximum atomic E-state index is 12.2. The Balaban J connectivity index is 1.68. The van der Waals surface area contributed by atoms with E-state index in [0.717, 1.165) is 22.6 Å². The largest absolute Gasteiger partial charge is 0.377 e. The first-order valence-electron chi connectivity index (χ1n) is 7.50. The topological polar surface area (TPSA) is 71.1 Å². The van der Waals surface area contributed by atoms with Gasteiger partial charge < -0.3 is 5.32 Å². The van der Waals surface area contributed by atoms with Crippen molar-refractivity contribution in [2.24, 2.45) is 0 Å². The normalized spacial score (nSPS) is 12.6. The van der Waals surface area contributed by atoms with E-state index in [1.165, 1.54) is 6.07 Å². The lowest BCUT2D eigenvalue weighted by Crippen LogP contribution is -2.13. The van der Waals surface area contributed by atoms with Crippen LogP contribution in [0.5, 0.6) is 0 Å². The fourth-order valence-corrected chi connectivity index (χ4v) is 4.74. The van der Waals surface area contributed by atoms with Gasteiger partial charge in [0.25, 0.3) is 10.0 Å². The standard InChI is InChI=1S/C17H16ClN3O2S2/c1-12(13-5-3-2-4-6-13)20-14-7-9-16(19-11-14)21-25(22,23)17-10-8-15(18)24-17/h2-12,20H,1H3,(H,19,21). The van der Waals surface area contributed by atoms with Crippen LogP contribution < -0.4 is 10.0 Å². The van der Waals surface area contributed by atoms with Crippen molar-refractivity contribution >= 4 is 44.5 Å². The molecule has 1 unspecified atom stereocenters. The van der Waals surface area contributed by atoms with Gasteiger partial charge >= 0.3 is 0 Å². The van der Waals surface area contributed by atoms with E-state index < -0.39 is 10.0 Å². The van der Waals surface area contributed by atoms with Gasteiger partial charge in [0, 0.05) is 6.04 Å². The van der Waals surface area contributed by atoms with Crippen molar-refractivity contribution in [3.05, 3.63) is 70.7 Å². The van der Waals surface area contributed by atoms with Crippen molar-refractivity contribution in [1.82, 2.24) is 4.98 Å². The van der Waals surface area contributed by atoms with Crippen LogP contribution in [0.2, 0.25) is 4.34 Å². The molecule has 5 nitrogen and oxygen atoms in total. The molecule has 0 saturated heterocycles. The van der Waals surface area contributed by atoms with Crippen molar-refractivity contribution in [3.63, 3.8) is 0 Å². The van der Waals surface area contributed by atoms with Crippen LogP contribution in [0.1, 0.15) is 18.5 Å². The maximum Gasteiger partial charge on any atom is 0.272 e. The smallest absolute Gasteiger partial charge is 0.272 e. The fraction of sp³-hybridized carbons (Fsp3) is 0.118. The van der Waals surface area contributed by atoms with E-state index in [1.54, 1.807) is 24.4 Å². The summed E-state index contributed by atoms with van der Waals surface area (Å²) in [5, 5.41) is 3.33. The van der Waals surface area contributed by atoms with Crippen LogP contribution in [-0.4, -0.2) is 13.4 Å². The molecule has 0 aliphatic rings. The average molecular weight is 394 g/mol. The van der Waals surface area contributed by atoms with Crippen molar-refractivity contribution in [2.75, 3.05) is 10.0 Å². The van der Waals surface area contributed by atoms with E-state index in [1.807, 2.05) is 37.3 Å². The summed E-state index contributed by atoms with van der Waals surface area (Å²) in [5.41, 5.74) is 1.96. The Kier molecular flexibility index (Phi) is 5.27. The van der Waals surface area contributed by atoms with Crippen LogP contribution in [0, 0.1) is 0 Å². The number of halogens is 1. The third kappa shape index (κ3) is 4.50. The second-order valence-electron chi connectivity index (χ2n) is 5.37. The predicted octanol–water partition coefficient (Wildman–Crippen LogP) is 4.77. The highest BCUT2D eigenvalue weighted by Crippen LogP contribution is 2.27. The molecule has 0 aliphatic carbocycles. The third-order valence-electron chi connectivity index (χ3n) is 3.50. The van der Waals surface area contributed by atoms with E-state index in [2.05, 4.69) is 15.0 Å². The number of rotatable bonds is 6. The van der Waals surface area contributed by atoms with Crippen LogP contribution in [-0.2, 0) is 10.0 Å². The number of thiophene rings is 1. The summed E-state index contributed by atoms with van der Waals surface area (Å²) in [6.07, 6.45) is 1.60. The van der Waals surface area contributed by atoms with Crippen LogP contribution in [0.3, 0.4) is 0 Å². The number of sulfonamides is 1. The summed E-state index contributed by atoms with van der Waals surface area (Å²) in [7, 11) is -3.67. The minimum Gasteiger partial charge on any atom is -0.377 e. The van der Waals surface area contributed by atoms with Gasteiger partial charge in [0.15, 0.2) is 0 Å². The van der Waals surface area contributed by atoms with Gasteiger partial charge in [-0.25, -0.2) is 13.4 Å². The van der Waals surface area contributed by atoms with Crippen molar-refractivity contribution < 1.29 is 8.42 Å². The second-order valence-corrected chi connectivity index (χ2v) is 9.00. The fourth-order valence-electron chi connectivity index (χ4n) is 2.24. The number of nitrogens with one attached hydrogen (secondary N) is 2. The molecule has 0 fully saturated rings. The highest BCUT2D eigenvalue weighted by molar-refractivity contribution is 7.94. The Labute approximate surface area is 155 Å². The first kappa shape index (κ1) is 17.7. The zero-order valence-corrected chi connectivity index (χ0v) is 15.7. The molecule has 2 N–H and O–H groups in total. The minimum atomic E-state index is -3.67. The zero-order valence-electron chi connectivity index (χ0n) is 13.3. The summed E-state index contributed by atoms with van der Waals surface area (Å²) in [6, 6.07) is 16.6. The van der Waals surface area contributed by atoms with Crippen LogP contribution in [0.25, 0.3) is 0 Å². The first-order chi connectivity index (χ1) is 11.9. The van der Waals surface area contributed by atoms with Crippen LogP contribution in [0.4, 0.5) is 11.5 Å². The molecule has 0 aliphatic heterocycles. The average Bonchev–Trinajstić information content (AvgIpc) is 3.05. The Hall–Kier alpha value is -2.09. The summed E-state index contributed by atoms with van der Waals surface area (Å²) in [5.74, 6) is 0.252. The predicted molar refractivity (Wildman–Crippen MR) is 103 cm³/mol. The SMILES string of the molecule is CC(Nc1ccc(NS(=O)(=O)c2ccc(Cl)s2)nc1)c1ccccc1. The number of nitrogens with zero attached hydrogens (tertiary/aromatic N) is 1. The molecule has 0 amide bonds. The van der Waals surface area contributed by atoms with Gasteiger partial charge in [0.1, 0.15) is 10.0 Å². The molecule has 2 aromatic heterocycles. The Morgan fingerprint density at radius 1 is 1.08 bits per heavy atom.